The number of carbonyl (C=O) groups is 1. The van der Waals surface area contributed by atoms with Crippen LogP contribution in [0.15, 0.2) is 11.6 Å². The lowest BCUT2D eigenvalue weighted by atomic mass is 9.65. The maximum atomic E-state index is 12.1. The van der Waals surface area contributed by atoms with Crippen molar-refractivity contribution in [1.82, 2.24) is 0 Å². The van der Waals surface area contributed by atoms with Gasteiger partial charge in [-0.2, -0.15) is 0 Å². The fourth-order valence-corrected chi connectivity index (χ4v) is 3.56. The summed E-state index contributed by atoms with van der Waals surface area (Å²) in [7, 11) is 0. The monoisotopic (exact) mass is 206 g/mol. The zero-order chi connectivity index (χ0) is 11.1. The highest BCUT2D eigenvalue weighted by atomic mass is 16.1. The van der Waals surface area contributed by atoms with Gasteiger partial charge >= 0.3 is 0 Å². The van der Waals surface area contributed by atoms with E-state index >= 15 is 0 Å². The molecule has 1 fully saturated rings. The molecule has 1 heteroatoms. The summed E-state index contributed by atoms with van der Waals surface area (Å²) in [5.41, 5.74) is 1.51. The van der Waals surface area contributed by atoms with Crippen molar-refractivity contribution in [2.45, 2.75) is 52.9 Å². The summed E-state index contributed by atoms with van der Waals surface area (Å²) in [5.74, 6) is 1.84. The fourth-order valence-electron chi connectivity index (χ4n) is 3.56. The summed E-state index contributed by atoms with van der Waals surface area (Å²) in [6.45, 7) is 6.74. The molecule has 15 heavy (non-hydrogen) atoms. The zero-order valence-corrected chi connectivity index (χ0v) is 10.2. The summed E-state index contributed by atoms with van der Waals surface area (Å²) in [6, 6.07) is 0. The zero-order valence-electron chi connectivity index (χ0n) is 10.2. The Morgan fingerprint density at radius 2 is 2.13 bits per heavy atom. The van der Waals surface area contributed by atoms with E-state index in [4.69, 9.17) is 0 Å². The Labute approximate surface area is 92.9 Å². The first-order valence-electron chi connectivity index (χ1n) is 6.25. The van der Waals surface area contributed by atoms with Gasteiger partial charge in [-0.3, -0.25) is 4.79 Å². The quantitative estimate of drug-likeness (QED) is 0.597. The van der Waals surface area contributed by atoms with E-state index in [9.17, 15) is 4.79 Å². The predicted molar refractivity (Wildman–Crippen MR) is 62.6 cm³/mol. The van der Waals surface area contributed by atoms with Crippen LogP contribution < -0.4 is 0 Å². The lowest BCUT2D eigenvalue weighted by Gasteiger charge is -2.38. The second kappa shape index (κ2) is 3.77. The molecule has 0 aromatic carbocycles. The minimum absolute atomic E-state index is 0.0354. The number of allylic oxidation sites excluding steroid dienone is 2. The van der Waals surface area contributed by atoms with Crippen molar-refractivity contribution in [2.75, 3.05) is 0 Å². The third-order valence-electron chi connectivity index (χ3n) is 4.53. The first-order valence-corrected chi connectivity index (χ1v) is 6.25. The molecule has 0 unspecified atom stereocenters. The standard InChI is InChI=1S/C14H22O/c1-10(2)12-4-5-13(15)14(12)8-6-11(3)7-9-14/h6,10,12H,4-5,7-9H2,1-3H3/t12-,14+/m0/s1. The van der Waals surface area contributed by atoms with Crippen LogP contribution in [0.2, 0.25) is 0 Å². The van der Waals surface area contributed by atoms with Crippen molar-refractivity contribution in [1.29, 1.82) is 0 Å². The molecule has 0 radical (unpaired) electrons. The fraction of sp³-hybridized carbons (Fsp3) is 0.786. The van der Waals surface area contributed by atoms with Gasteiger partial charge in [-0.1, -0.05) is 25.5 Å². The highest BCUT2D eigenvalue weighted by Crippen LogP contribution is 2.52. The summed E-state index contributed by atoms with van der Waals surface area (Å²) < 4.78 is 0. The minimum atomic E-state index is 0.0354. The normalized spacial score (nSPS) is 36.4. The van der Waals surface area contributed by atoms with Gasteiger partial charge in [-0.05, 0) is 44.4 Å². The maximum Gasteiger partial charge on any atom is 0.139 e. The number of Topliss-reactive ketones (excluding diaryl/α,β-unsaturated/α-hetero) is 1. The average molecular weight is 206 g/mol. The molecule has 2 atom stereocenters. The van der Waals surface area contributed by atoms with Crippen LogP contribution in [0.3, 0.4) is 0 Å². The first-order chi connectivity index (χ1) is 7.06. The Hall–Kier alpha value is -0.590. The lowest BCUT2D eigenvalue weighted by molar-refractivity contribution is -0.128. The molecule has 2 aliphatic rings. The van der Waals surface area contributed by atoms with Crippen LogP contribution in [0.5, 0.6) is 0 Å². The van der Waals surface area contributed by atoms with Crippen LogP contribution in [-0.2, 0) is 4.79 Å². The molecule has 0 aliphatic heterocycles. The van der Waals surface area contributed by atoms with Gasteiger partial charge in [0.2, 0.25) is 0 Å². The molecule has 0 bridgehead atoms. The van der Waals surface area contributed by atoms with Crippen LogP contribution >= 0.6 is 0 Å². The number of carbonyl (C=O) groups excluding carboxylic acids is 1. The van der Waals surface area contributed by atoms with Gasteiger partial charge in [0.1, 0.15) is 5.78 Å². The minimum Gasteiger partial charge on any atom is -0.299 e. The number of hydrogen-bond donors (Lipinski definition) is 0. The Morgan fingerprint density at radius 3 is 2.67 bits per heavy atom. The van der Waals surface area contributed by atoms with Gasteiger partial charge in [-0.25, -0.2) is 0 Å². The third-order valence-corrected chi connectivity index (χ3v) is 4.53. The molecule has 84 valence electrons. The molecule has 0 heterocycles. The van der Waals surface area contributed by atoms with Crippen molar-refractivity contribution in [3.8, 4) is 0 Å². The van der Waals surface area contributed by atoms with Gasteiger partial charge in [0, 0.05) is 11.8 Å². The van der Waals surface area contributed by atoms with Crippen molar-refractivity contribution >= 4 is 5.78 Å². The second-order valence-electron chi connectivity index (χ2n) is 5.72. The maximum absolute atomic E-state index is 12.1. The summed E-state index contributed by atoms with van der Waals surface area (Å²) in [6.07, 6.45) is 7.52. The summed E-state index contributed by atoms with van der Waals surface area (Å²) in [4.78, 5) is 12.1. The lowest BCUT2D eigenvalue weighted by Crippen LogP contribution is -2.36. The molecule has 1 nitrogen and oxygen atoms in total. The second-order valence-corrected chi connectivity index (χ2v) is 5.72. The molecule has 0 amide bonds. The highest BCUT2D eigenvalue weighted by molar-refractivity contribution is 5.87. The molecular formula is C14H22O. The van der Waals surface area contributed by atoms with Crippen LogP contribution in [0.25, 0.3) is 0 Å². The van der Waals surface area contributed by atoms with Crippen molar-refractivity contribution < 1.29 is 4.79 Å². The van der Waals surface area contributed by atoms with Crippen LogP contribution in [0.1, 0.15) is 52.9 Å². The van der Waals surface area contributed by atoms with E-state index in [1.165, 1.54) is 5.57 Å². The Bertz CT molecular complexity index is 300. The molecule has 0 aromatic rings. The predicted octanol–water partition coefficient (Wildman–Crippen LogP) is 3.74. The van der Waals surface area contributed by atoms with E-state index in [1.54, 1.807) is 0 Å². The van der Waals surface area contributed by atoms with Crippen molar-refractivity contribution in [3.63, 3.8) is 0 Å². The van der Waals surface area contributed by atoms with Crippen molar-refractivity contribution in [2.24, 2.45) is 17.3 Å². The Balaban J connectivity index is 2.27. The Morgan fingerprint density at radius 1 is 1.40 bits per heavy atom. The molecule has 2 rings (SSSR count). The number of rotatable bonds is 1. The average Bonchev–Trinajstić information content (AvgIpc) is 2.50. The molecule has 0 saturated heterocycles. The largest absolute Gasteiger partial charge is 0.299 e. The van der Waals surface area contributed by atoms with Gasteiger partial charge in [-0.15, -0.1) is 0 Å². The summed E-state index contributed by atoms with van der Waals surface area (Å²) >= 11 is 0. The Kier molecular flexibility index (Phi) is 2.74. The molecule has 0 aromatic heterocycles. The third kappa shape index (κ3) is 1.66. The van der Waals surface area contributed by atoms with E-state index in [-0.39, 0.29) is 5.41 Å². The van der Waals surface area contributed by atoms with Gasteiger partial charge < -0.3 is 0 Å². The summed E-state index contributed by atoms with van der Waals surface area (Å²) in [5, 5.41) is 0. The molecule has 1 spiro atoms. The molecular weight excluding hydrogens is 184 g/mol. The SMILES string of the molecule is CC1=CC[C@]2(CC1)C(=O)CC[C@H]2C(C)C. The number of hydrogen-bond acceptors (Lipinski definition) is 1. The van der Waals surface area contributed by atoms with E-state index in [0.717, 1.165) is 32.1 Å². The smallest absolute Gasteiger partial charge is 0.139 e. The van der Waals surface area contributed by atoms with Crippen LogP contribution in [0, 0.1) is 17.3 Å². The number of ketones is 1. The van der Waals surface area contributed by atoms with E-state index in [2.05, 4.69) is 26.8 Å². The molecule has 0 N–H and O–H groups in total. The van der Waals surface area contributed by atoms with E-state index in [0.29, 0.717) is 17.6 Å². The van der Waals surface area contributed by atoms with Gasteiger partial charge in [0.05, 0.1) is 0 Å². The molecule has 1 saturated carbocycles. The van der Waals surface area contributed by atoms with Gasteiger partial charge in [0.25, 0.3) is 0 Å². The van der Waals surface area contributed by atoms with E-state index in [1.807, 2.05) is 0 Å². The topological polar surface area (TPSA) is 17.1 Å². The van der Waals surface area contributed by atoms with E-state index < -0.39 is 0 Å². The highest BCUT2D eigenvalue weighted by Gasteiger charge is 2.50. The van der Waals surface area contributed by atoms with Crippen LogP contribution in [-0.4, -0.2) is 5.78 Å². The first kappa shape index (κ1) is 10.9. The van der Waals surface area contributed by atoms with Crippen LogP contribution in [0.4, 0.5) is 0 Å². The van der Waals surface area contributed by atoms with Gasteiger partial charge in [0.15, 0.2) is 0 Å². The molecule has 2 aliphatic carbocycles. The van der Waals surface area contributed by atoms with Crippen molar-refractivity contribution in [3.05, 3.63) is 11.6 Å².